The molecule has 26 heavy (non-hydrogen) atoms. The molecule has 1 atom stereocenters. The normalized spacial score (nSPS) is 22.2. The van der Waals surface area contributed by atoms with Crippen molar-refractivity contribution in [2.45, 2.75) is 19.4 Å². The summed E-state index contributed by atoms with van der Waals surface area (Å²) in [6.07, 6.45) is 3.32. The Bertz CT molecular complexity index is 789. The Balaban J connectivity index is 1.77. The van der Waals surface area contributed by atoms with Gasteiger partial charge in [0.05, 0.1) is 35.8 Å². The molecule has 0 bridgehead atoms. The molecule has 2 amide bonds. The van der Waals surface area contributed by atoms with E-state index in [1.54, 1.807) is 15.9 Å². The van der Waals surface area contributed by atoms with Crippen LogP contribution in [0.4, 0.5) is 0 Å². The third kappa shape index (κ3) is 4.04. The fraction of sp³-hybridized carbons (Fsp3) is 0.588. The molecular weight excluding hydrogens is 358 g/mol. The lowest BCUT2D eigenvalue weighted by molar-refractivity contribution is 0.0302. The summed E-state index contributed by atoms with van der Waals surface area (Å²) in [4.78, 5) is 32.7. The van der Waals surface area contributed by atoms with E-state index in [4.69, 9.17) is 4.74 Å². The largest absolute Gasteiger partial charge is 0.378 e. The fourth-order valence-corrected chi connectivity index (χ4v) is 5.11. The molecule has 142 valence electrons. The Morgan fingerprint density at radius 1 is 1.27 bits per heavy atom. The molecule has 0 N–H and O–H groups in total. The number of carbonyl (C=O) groups is 2. The smallest absolute Gasteiger partial charge is 0.255 e. The van der Waals surface area contributed by atoms with Gasteiger partial charge < -0.3 is 14.5 Å². The summed E-state index contributed by atoms with van der Waals surface area (Å²) < 4.78 is 28.7. The first kappa shape index (κ1) is 18.8. The van der Waals surface area contributed by atoms with Crippen LogP contribution in [0.15, 0.2) is 18.5 Å². The number of sulfone groups is 1. The first-order valence-electron chi connectivity index (χ1n) is 8.75. The average Bonchev–Trinajstić information content (AvgIpc) is 3.02. The zero-order valence-corrected chi connectivity index (χ0v) is 15.6. The van der Waals surface area contributed by atoms with Gasteiger partial charge in [-0.05, 0) is 19.4 Å². The number of ether oxygens (including phenoxy) is 1. The van der Waals surface area contributed by atoms with Gasteiger partial charge in [0.25, 0.3) is 11.8 Å². The molecule has 0 saturated carbocycles. The van der Waals surface area contributed by atoms with Crippen LogP contribution in [0.2, 0.25) is 0 Å². The molecule has 1 aromatic heterocycles. The van der Waals surface area contributed by atoms with Crippen molar-refractivity contribution in [3.8, 4) is 0 Å². The highest BCUT2D eigenvalue weighted by atomic mass is 32.2. The number of hydrogen-bond acceptors (Lipinski definition) is 6. The van der Waals surface area contributed by atoms with Gasteiger partial charge in [-0.25, -0.2) is 8.42 Å². The Labute approximate surface area is 153 Å². The standard InChI is InChI=1S/C17H23N3O5S/c1-2-20(15-3-8-26(23,24)12-15)17(22)14-9-13(10-18-11-14)16(21)19-4-6-25-7-5-19/h9-11,15H,2-8,12H2,1H3. The van der Waals surface area contributed by atoms with E-state index in [1.807, 2.05) is 6.92 Å². The van der Waals surface area contributed by atoms with Crippen LogP contribution in [0.3, 0.4) is 0 Å². The molecule has 8 nitrogen and oxygen atoms in total. The number of hydrogen-bond donors (Lipinski definition) is 0. The topological polar surface area (TPSA) is 96.9 Å². The fourth-order valence-electron chi connectivity index (χ4n) is 3.38. The van der Waals surface area contributed by atoms with Crippen molar-refractivity contribution in [2.24, 2.45) is 0 Å². The Hall–Kier alpha value is -2.00. The van der Waals surface area contributed by atoms with Crippen LogP contribution in [0.5, 0.6) is 0 Å². The summed E-state index contributed by atoms with van der Waals surface area (Å²) in [7, 11) is -3.08. The van der Waals surface area contributed by atoms with Crippen molar-refractivity contribution in [3.05, 3.63) is 29.6 Å². The Morgan fingerprint density at radius 3 is 2.58 bits per heavy atom. The quantitative estimate of drug-likeness (QED) is 0.739. The molecule has 1 unspecified atom stereocenters. The van der Waals surface area contributed by atoms with Gasteiger partial charge >= 0.3 is 0 Å². The lowest BCUT2D eigenvalue weighted by Crippen LogP contribution is -2.42. The molecule has 1 aromatic rings. The van der Waals surface area contributed by atoms with Crippen LogP contribution < -0.4 is 0 Å². The lowest BCUT2D eigenvalue weighted by atomic mass is 10.1. The van der Waals surface area contributed by atoms with E-state index in [2.05, 4.69) is 4.98 Å². The predicted octanol–water partition coefficient (Wildman–Crippen LogP) is 0.203. The van der Waals surface area contributed by atoms with Crippen LogP contribution in [-0.2, 0) is 14.6 Å². The zero-order valence-electron chi connectivity index (χ0n) is 14.8. The molecule has 0 spiro atoms. The van der Waals surface area contributed by atoms with E-state index in [-0.39, 0.29) is 29.4 Å². The summed E-state index contributed by atoms with van der Waals surface area (Å²) in [6, 6.07) is 1.22. The number of nitrogens with zero attached hydrogens (tertiary/aromatic N) is 3. The minimum Gasteiger partial charge on any atom is -0.378 e. The molecule has 3 heterocycles. The molecule has 2 saturated heterocycles. The summed E-state index contributed by atoms with van der Waals surface area (Å²) in [6.45, 7) is 4.24. The lowest BCUT2D eigenvalue weighted by Gasteiger charge is -2.28. The second-order valence-electron chi connectivity index (χ2n) is 6.51. The highest BCUT2D eigenvalue weighted by Gasteiger charge is 2.34. The van der Waals surface area contributed by atoms with E-state index in [0.717, 1.165) is 0 Å². The van der Waals surface area contributed by atoms with Gasteiger partial charge in [0.1, 0.15) is 0 Å². The molecule has 3 rings (SSSR count). The zero-order chi connectivity index (χ0) is 18.7. The monoisotopic (exact) mass is 381 g/mol. The molecule has 2 aliphatic rings. The van der Waals surface area contributed by atoms with Crippen molar-refractivity contribution in [3.63, 3.8) is 0 Å². The molecule has 2 aliphatic heterocycles. The number of aromatic nitrogens is 1. The minimum atomic E-state index is -3.08. The number of amides is 2. The van der Waals surface area contributed by atoms with Gasteiger partial charge in [0.15, 0.2) is 9.84 Å². The third-order valence-electron chi connectivity index (χ3n) is 4.78. The van der Waals surface area contributed by atoms with E-state index < -0.39 is 9.84 Å². The second kappa shape index (κ2) is 7.71. The van der Waals surface area contributed by atoms with Gasteiger partial charge in [-0.2, -0.15) is 0 Å². The molecule has 0 radical (unpaired) electrons. The summed E-state index contributed by atoms with van der Waals surface area (Å²) in [5, 5.41) is 0. The highest BCUT2D eigenvalue weighted by Crippen LogP contribution is 2.20. The number of carbonyl (C=O) groups excluding carboxylic acids is 2. The molecule has 0 aromatic carbocycles. The van der Waals surface area contributed by atoms with Crippen LogP contribution in [0.1, 0.15) is 34.1 Å². The van der Waals surface area contributed by atoms with Gasteiger partial charge in [-0.15, -0.1) is 0 Å². The maximum absolute atomic E-state index is 12.9. The molecular formula is C17H23N3O5S. The van der Waals surface area contributed by atoms with Crippen LogP contribution in [0.25, 0.3) is 0 Å². The van der Waals surface area contributed by atoms with Gasteiger partial charge in [0, 0.05) is 38.1 Å². The number of pyridine rings is 1. The first-order valence-corrected chi connectivity index (χ1v) is 10.6. The van der Waals surface area contributed by atoms with Crippen molar-refractivity contribution >= 4 is 21.7 Å². The average molecular weight is 381 g/mol. The first-order chi connectivity index (χ1) is 12.4. The summed E-state index contributed by atoms with van der Waals surface area (Å²) in [5.74, 6) is -0.373. The maximum atomic E-state index is 12.9. The Kier molecular flexibility index (Phi) is 5.57. The second-order valence-corrected chi connectivity index (χ2v) is 8.74. The molecule has 9 heteroatoms. The Morgan fingerprint density at radius 2 is 1.96 bits per heavy atom. The van der Waals surface area contributed by atoms with Gasteiger partial charge in [-0.1, -0.05) is 0 Å². The SMILES string of the molecule is CCN(C(=O)c1cncc(C(=O)N2CCOCC2)c1)C1CCS(=O)(=O)C1. The van der Waals surface area contributed by atoms with Gasteiger partial charge in [0.2, 0.25) is 0 Å². The highest BCUT2D eigenvalue weighted by molar-refractivity contribution is 7.91. The van der Waals surface area contributed by atoms with Crippen LogP contribution in [-0.4, -0.2) is 85.4 Å². The van der Waals surface area contributed by atoms with Crippen molar-refractivity contribution in [1.29, 1.82) is 0 Å². The van der Waals surface area contributed by atoms with Crippen LogP contribution in [0, 0.1) is 0 Å². The van der Waals surface area contributed by atoms with Crippen molar-refractivity contribution < 1.29 is 22.7 Å². The predicted molar refractivity (Wildman–Crippen MR) is 94.7 cm³/mol. The van der Waals surface area contributed by atoms with E-state index >= 15 is 0 Å². The molecule has 0 aliphatic carbocycles. The summed E-state index contributed by atoms with van der Waals surface area (Å²) >= 11 is 0. The van der Waals surface area contributed by atoms with Crippen LogP contribution >= 0.6 is 0 Å². The maximum Gasteiger partial charge on any atom is 0.255 e. The van der Waals surface area contributed by atoms with Crippen molar-refractivity contribution in [2.75, 3.05) is 44.4 Å². The van der Waals surface area contributed by atoms with Crippen molar-refractivity contribution in [1.82, 2.24) is 14.8 Å². The third-order valence-corrected chi connectivity index (χ3v) is 6.53. The van der Waals surface area contributed by atoms with E-state index in [1.165, 1.54) is 12.4 Å². The van der Waals surface area contributed by atoms with E-state index in [9.17, 15) is 18.0 Å². The van der Waals surface area contributed by atoms with Gasteiger partial charge in [-0.3, -0.25) is 14.6 Å². The number of morpholine rings is 1. The van der Waals surface area contributed by atoms with E-state index in [0.29, 0.717) is 50.4 Å². The molecule has 2 fully saturated rings. The summed E-state index contributed by atoms with van der Waals surface area (Å²) in [5.41, 5.74) is 0.656. The number of rotatable bonds is 4. The minimum absolute atomic E-state index is 0.00753.